The predicted molar refractivity (Wildman–Crippen MR) is 104 cm³/mol. The average molecular weight is 401 g/mol. The molecule has 26 heavy (non-hydrogen) atoms. The second kappa shape index (κ2) is 7.03. The van der Waals surface area contributed by atoms with E-state index in [1.54, 1.807) is 30.5 Å². The Bertz CT molecular complexity index is 1090. The number of esters is 1. The quantitative estimate of drug-likeness (QED) is 0.318. The van der Waals surface area contributed by atoms with Gasteiger partial charge in [0, 0.05) is 11.2 Å². The highest BCUT2D eigenvalue weighted by Gasteiger charge is 2.19. The molecular formula is C19H10Cl2N2O2S. The standard InChI is InChI=1S/C19H10Cl2N2O2S/c20-11-7-8-15(13(21)10-11)25-19(24)12-4-3-9-22-17(12)18-23-14-5-1-2-6-16(14)26-18/h1-10H. The van der Waals surface area contributed by atoms with E-state index in [0.29, 0.717) is 21.3 Å². The first-order valence-electron chi connectivity index (χ1n) is 7.60. The molecule has 0 saturated heterocycles. The Hall–Kier alpha value is -2.47. The number of fused-ring (bicyclic) bond motifs is 1. The van der Waals surface area contributed by atoms with Crippen LogP contribution in [0.1, 0.15) is 10.4 Å². The highest BCUT2D eigenvalue weighted by atomic mass is 35.5. The first-order valence-corrected chi connectivity index (χ1v) is 9.17. The van der Waals surface area contributed by atoms with E-state index >= 15 is 0 Å². The van der Waals surface area contributed by atoms with Gasteiger partial charge >= 0.3 is 5.97 Å². The number of carbonyl (C=O) groups excluding carboxylic acids is 1. The monoisotopic (exact) mass is 400 g/mol. The van der Waals surface area contributed by atoms with Crippen LogP contribution in [0.3, 0.4) is 0 Å². The molecule has 0 bridgehead atoms. The molecule has 2 aromatic heterocycles. The molecule has 0 fully saturated rings. The molecule has 128 valence electrons. The van der Waals surface area contributed by atoms with Crippen molar-refractivity contribution in [3.05, 3.63) is 76.4 Å². The molecule has 0 aliphatic heterocycles. The van der Waals surface area contributed by atoms with Gasteiger partial charge < -0.3 is 4.74 Å². The second-order valence-corrected chi connectivity index (χ2v) is 7.22. The molecule has 4 aromatic rings. The van der Waals surface area contributed by atoms with Gasteiger partial charge in [-0.1, -0.05) is 35.3 Å². The van der Waals surface area contributed by atoms with E-state index in [2.05, 4.69) is 9.97 Å². The molecule has 2 aromatic carbocycles. The Kier molecular flexibility index (Phi) is 4.59. The van der Waals surface area contributed by atoms with E-state index in [1.165, 1.54) is 17.4 Å². The minimum atomic E-state index is -0.559. The molecular weight excluding hydrogens is 391 g/mol. The maximum Gasteiger partial charge on any atom is 0.345 e. The Labute approximate surface area is 163 Å². The van der Waals surface area contributed by atoms with Gasteiger partial charge in [-0.15, -0.1) is 11.3 Å². The summed E-state index contributed by atoms with van der Waals surface area (Å²) in [6, 6.07) is 15.8. The van der Waals surface area contributed by atoms with Crippen LogP contribution in [0.4, 0.5) is 0 Å². The highest BCUT2D eigenvalue weighted by molar-refractivity contribution is 7.21. The molecule has 0 unspecified atom stereocenters. The summed E-state index contributed by atoms with van der Waals surface area (Å²) in [4.78, 5) is 21.6. The van der Waals surface area contributed by atoms with Crippen molar-refractivity contribution in [2.45, 2.75) is 0 Å². The lowest BCUT2D eigenvalue weighted by molar-refractivity contribution is 0.0735. The van der Waals surface area contributed by atoms with Gasteiger partial charge in [0.2, 0.25) is 0 Å². The van der Waals surface area contributed by atoms with Crippen LogP contribution in [0.2, 0.25) is 10.0 Å². The van der Waals surface area contributed by atoms with E-state index in [4.69, 9.17) is 27.9 Å². The lowest BCUT2D eigenvalue weighted by Crippen LogP contribution is -2.11. The van der Waals surface area contributed by atoms with Crippen LogP contribution in [0, 0.1) is 0 Å². The van der Waals surface area contributed by atoms with Crippen LogP contribution in [-0.2, 0) is 0 Å². The van der Waals surface area contributed by atoms with Crippen molar-refractivity contribution in [1.29, 1.82) is 0 Å². The number of carbonyl (C=O) groups is 1. The molecule has 0 spiro atoms. The lowest BCUT2D eigenvalue weighted by atomic mass is 10.2. The zero-order chi connectivity index (χ0) is 18.1. The molecule has 2 heterocycles. The van der Waals surface area contributed by atoms with E-state index < -0.39 is 5.97 Å². The third-order valence-electron chi connectivity index (χ3n) is 3.62. The average Bonchev–Trinajstić information content (AvgIpc) is 3.08. The Morgan fingerprint density at radius 3 is 2.69 bits per heavy atom. The smallest absolute Gasteiger partial charge is 0.345 e. The van der Waals surface area contributed by atoms with Crippen LogP contribution >= 0.6 is 34.5 Å². The van der Waals surface area contributed by atoms with E-state index in [1.807, 2.05) is 24.3 Å². The SMILES string of the molecule is O=C(Oc1ccc(Cl)cc1Cl)c1cccnc1-c1nc2ccccc2s1. The number of ether oxygens (including phenoxy) is 1. The van der Waals surface area contributed by atoms with Gasteiger partial charge in [-0.05, 0) is 42.5 Å². The molecule has 7 heteroatoms. The fraction of sp³-hybridized carbons (Fsp3) is 0. The number of aromatic nitrogens is 2. The molecule has 0 radical (unpaired) electrons. The minimum absolute atomic E-state index is 0.236. The summed E-state index contributed by atoms with van der Waals surface area (Å²) < 4.78 is 6.45. The van der Waals surface area contributed by atoms with Gasteiger partial charge in [-0.2, -0.15) is 0 Å². The minimum Gasteiger partial charge on any atom is -0.421 e. The van der Waals surface area contributed by atoms with E-state index in [-0.39, 0.29) is 10.8 Å². The summed E-state index contributed by atoms with van der Waals surface area (Å²) >= 11 is 13.4. The van der Waals surface area contributed by atoms with Crippen LogP contribution < -0.4 is 4.74 Å². The fourth-order valence-corrected chi connectivity index (χ4v) is 3.85. The number of para-hydroxylation sites is 1. The van der Waals surface area contributed by atoms with Gasteiger partial charge in [0.25, 0.3) is 0 Å². The van der Waals surface area contributed by atoms with Gasteiger partial charge in [-0.3, -0.25) is 4.98 Å². The molecule has 0 aliphatic rings. The Balaban J connectivity index is 1.72. The molecule has 0 saturated carbocycles. The first kappa shape index (κ1) is 17.0. The van der Waals surface area contributed by atoms with Crippen molar-refractivity contribution in [3.8, 4) is 16.5 Å². The zero-order valence-corrected chi connectivity index (χ0v) is 15.5. The van der Waals surface area contributed by atoms with Crippen molar-refractivity contribution < 1.29 is 9.53 Å². The van der Waals surface area contributed by atoms with Crippen molar-refractivity contribution in [3.63, 3.8) is 0 Å². The number of hydrogen-bond acceptors (Lipinski definition) is 5. The predicted octanol–water partition coefficient (Wildman–Crippen LogP) is 5.88. The van der Waals surface area contributed by atoms with Crippen LogP contribution in [0.15, 0.2) is 60.8 Å². The maximum absolute atomic E-state index is 12.7. The van der Waals surface area contributed by atoms with Gasteiger partial charge in [0.15, 0.2) is 0 Å². The lowest BCUT2D eigenvalue weighted by Gasteiger charge is -2.08. The van der Waals surface area contributed by atoms with Gasteiger partial charge in [0.1, 0.15) is 16.5 Å². The summed E-state index contributed by atoms with van der Waals surface area (Å²) in [5, 5.41) is 1.38. The summed E-state index contributed by atoms with van der Waals surface area (Å²) in [6.45, 7) is 0. The Morgan fingerprint density at radius 1 is 1.04 bits per heavy atom. The molecule has 0 aliphatic carbocycles. The Morgan fingerprint density at radius 2 is 1.88 bits per heavy atom. The van der Waals surface area contributed by atoms with Crippen molar-refractivity contribution in [2.24, 2.45) is 0 Å². The largest absolute Gasteiger partial charge is 0.421 e. The topological polar surface area (TPSA) is 52.1 Å². The summed E-state index contributed by atoms with van der Waals surface area (Å²) in [6.07, 6.45) is 1.62. The van der Waals surface area contributed by atoms with Gasteiger partial charge in [0.05, 0.1) is 20.8 Å². The number of rotatable bonds is 3. The number of benzene rings is 2. The highest BCUT2D eigenvalue weighted by Crippen LogP contribution is 2.32. The van der Waals surface area contributed by atoms with Crippen LogP contribution in [0.25, 0.3) is 20.9 Å². The third-order valence-corrected chi connectivity index (χ3v) is 5.19. The molecule has 0 N–H and O–H groups in total. The number of halogens is 2. The number of hydrogen-bond donors (Lipinski definition) is 0. The summed E-state index contributed by atoms with van der Waals surface area (Å²) in [5.74, 6) is -0.322. The number of nitrogens with zero attached hydrogens (tertiary/aromatic N) is 2. The normalized spacial score (nSPS) is 10.8. The van der Waals surface area contributed by atoms with Crippen LogP contribution in [-0.4, -0.2) is 15.9 Å². The van der Waals surface area contributed by atoms with E-state index in [9.17, 15) is 4.79 Å². The molecule has 0 amide bonds. The number of pyridine rings is 1. The van der Waals surface area contributed by atoms with Crippen LogP contribution in [0.5, 0.6) is 5.75 Å². The molecule has 4 rings (SSSR count). The first-order chi connectivity index (χ1) is 12.6. The summed E-state index contributed by atoms with van der Waals surface area (Å²) in [5.41, 5.74) is 1.65. The zero-order valence-electron chi connectivity index (χ0n) is 13.1. The fourth-order valence-electron chi connectivity index (χ4n) is 2.43. The van der Waals surface area contributed by atoms with Crippen molar-refractivity contribution in [2.75, 3.05) is 0 Å². The van der Waals surface area contributed by atoms with E-state index in [0.717, 1.165) is 10.2 Å². The number of thiazole rings is 1. The molecule has 0 atom stereocenters. The summed E-state index contributed by atoms with van der Waals surface area (Å²) in [7, 11) is 0. The van der Waals surface area contributed by atoms with Crippen molar-refractivity contribution >= 4 is 50.7 Å². The maximum atomic E-state index is 12.7. The molecule has 4 nitrogen and oxygen atoms in total. The second-order valence-electron chi connectivity index (χ2n) is 5.35. The van der Waals surface area contributed by atoms with Gasteiger partial charge in [-0.25, -0.2) is 9.78 Å². The van der Waals surface area contributed by atoms with Crippen molar-refractivity contribution in [1.82, 2.24) is 9.97 Å². The third kappa shape index (κ3) is 3.29.